The lowest BCUT2D eigenvalue weighted by atomic mass is 10.1. The van der Waals surface area contributed by atoms with Crippen molar-refractivity contribution in [3.8, 4) is 0 Å². The van der Waals surface area contributed by atoms with Crippen LogP contribution in [0.15, 0.2) is 23.8 Å². The summed E-state index contributed by atoms with van der Waals surface area (Å²) in [5.41, 5.74) is 1.09. The fourth-order valence-corrected chi connectivity index (χ4v) is 0.407. The van der Waals surface area contributed by atoms with E-state index in [1.54, 1.807) is 0 Å². The summed E-state index contributed by atoms with van der Waals surface area (Å²) in [6.45, 7) is 7.73. The van der Waals surface area contributed by atoms with Gasteiger partial charge in [-0.3, -0.25) is 0 Å². The van der Waals surface area contributed by atoms with Gasteiger partial charge in [0.05, 0.1) is 0 Å². The van der Waals surface area contributed by atoms with Crippen molar-refractivity contribution in [2.45, 2.75) is 27.7 Å². The molecule has 0 aromatic carbocycles. The van der Waals surface area contributed by atoms with Crippen molar-refractivity contribution in [1.82, 2.24) is 0 Å². The maximum Gasteiger partial charge on any atom is 0.0343 e. The quantitative estimate of drug-likeness (QED) is 0.497. The van der Waals surface area contributed by atoms with Crippen LogP contribution >= 0.6 is 0 Å². The Morgan fingerprint density at radius 3 is 2.44 bits per heavy atom. The highest BCUT2D eigenvalue weighted by Crippen LogP contribution is 2.06. The molecule has 0 aromatic heterocycles. The molecule has 0 radical (unpaired) electrons. The van der Waals surface area contributed by atoms with Crippen molar-refractivity contribution in [2.24, 2.45) is 5.89 Å². The average molecular weight is 125 g/mol. The molecule has 0 fully saturated rings. The zero-order valence-corrected chi connectivity index (χ0v) is 6.73. The van der Waals surface area contributed by atoms with Gasteiger partial charge in [0.15, 0.2) is 0 Å². The van der Waals surface area contributed by atoms with Crippen LogP contribution in [0.2, 0.25) is 0 Å². The molecule has 0 bridgehead atoms. The molecule has 0 saturated carbocycles. The predicted molar refractivity (Wildman–Crippen MR) is 43.4 cm³/mol. The standard InChI is InChI=1S/C9H16/c1-5-6-7-9(4)8(2)3/h5-8H,1-4H3/b6-5-,9-7+/i8D. The molecule has 0 heterocycles. The zero-order chi connectivity index (χ0) is 8.20. The monoisotopic (exact) mass is 125 g/mol. The molecule has 0 N–H and O–H groups in total. The van der Waals surface area contributed by atoms with E-state index in [-0.39, 0.29) is 0 Å². The van der Waals surface area contributed by atoms with Gasteiger partial charge in [-0.05, 0) is 19.7 Å². The predicted octanol–water partition coefficient (Wildman–Crippen LogP) is 3.16. The lowest BCUT2D eigenvalue weighted by molar-refractivity contribution is 0.769. The van der Waals surface area contributed by atoms with E-state index in [2.05, 4.69) is 0 Å². The molecule has 0 saturated heterocycles. The SMILES string of the molecule is [2H]C(C)(C)/C(C)=C/C=C\C. The summed E-state index contributed by atoms with van der Waals surface area (Å²) in [6, 6.07) is 0. The van der Waals surface area contributed by atoms with Gasteiger partial charge >= 0.3 is 0 Å². The maximum absolute atomic E-state index is 7.61. The summed E-state index contributed by atoms with van der Waals surface area (Å²) >= 11 is 0. The normalized spacial score (nSPS) is 16.4. The molecular weight excluding hydrogens is 108 g/mol. The average Bonchev–Trinajstić information content (AvgIpc) is 1.80. The van der Waals surface area contributed by atoms with E-state index in [4.69, 9.17) is 1.37 Å². The van der Waals surface area contributed by atoms with Gasteiger partial charge in [0, 0.05) is 1.37 Å². The maximum atomic E-state index is 7.61. The Kier molecular flexibility index (Phi) is 3.20. The fourth-order valence-electron chi connectivity index (χ4n) is 0.407. The second kappa shape index (κ2) is 4.37. The first kappa shape index (κ1) is 6.60. The summed E-state index contributed by atoms with van der Waals surface area (Å²) < 4.78 is 7.61. The summed E-state index contributed by atoms with van der Waals surface area (Å²) in [5.74, 6) is -0.431. The van der Waals surface area contributed by atoms with Crippen molar-refractivity contribution in [1.29, 1.82) is 0 Å². The first-order valence-corrected chi connectivity index (χ1v) is 3.28. The number of hydrogen-bond acceptors (Lipinski definition) is 0. The minimum Gasteiger partial charge on any atom is -0.0877 e. The highest BCUT2D eigenvalue weighted by atomic mass is 14.0. The van der Waals surface area contributed by atoms with E-state index in [0.717, 1.165) is 5.57 Å². The van der Waals surface area contributed by atoms with E-state index in [9.17, 15) is 0 Å². The lowest BCUT2D eigenvalue weighted by Crippen LogP contribution is -1.86. The van der Waals surface area contributed by atoms with Gasteiger partial charge in [-0.25, -0.2) is 0 Å². The Balaban J connectivity index is 4.20. The second-order valence-electron chi connectivity index (χ2n) is 2.38. The Morgan fingerprint density at radius 2 is 2.11 bits per heavy atom. The van der Waals surface area contributed by atoms with Gasteiger partial charge in [0.2, 0.25) is 0 Å². The van der Waals surface area contributed by atoms with Gasteiger partial charge in [0.25, 0.3) is 0 Å². The highest BCUT2D eigenvalue weighted by molar-refractivity contribution is 5.11. The molecule has 52 valence electrons. The summed E-state index contributed by atoms with van der Waals surface area (Å²) in [6.07, 6.45) is 5.91. The van der Waals surface area contributed by atoms with Crippen LogP contribution in [-0.4, -0.2) is 0 Å². The van der Waals surface area contributed by atoms with E-state index in [0.29, 0.717) is 0 Å². The smallest absolute Gasteiger partial charge is 0.0343 e. The summed E-state index contributed by atoms with van der Waals surface area (Å²) in [5, 5.41) is 0. The van der Waals surface area contributed by atoms with Crippen LogP contribution in [0, 0.1) is 5.89 Å². The van der Waals surface area contributed by atoms with E-state index in [1.165, 1.54) is 0 Å². The molecule has 9 heavy (non-hydrogen) atoms. The first-order chi connectivity index (χ1) is 4.48. The second-order valence-corrected chi connectivity index (χ2v) is 2.38. The third kappa shape index (κ3) is 4.01. The lowest BCUT2D eigenvalue weighted by Gasteiger charge is -2.01. The van der Waals surface area contributed by atoms with E-state index in [1.807, 2.05) is 45.9 Å². The molecule has 0 spiro atoms. The van der Waals surface area contributed by atoms with Crippen LogP contribution in [0.3, 0.4) is 0 Å². The van der Waals surface area contributed by atoms with E-state index >= 15 is 0 Å². The zero-order valence-electron chi connectivity index (χ0n) is 7.73. The van der Waals surface area contributed by atoms with Crippen LogP contribution in [0.1, 0.15) is 29.1 Å². The first-order valence-electron chi connectivity index (χ1n) is 3.78. The molecule has 0 unspecified atom stereocenters. The third-order valence-corrected chi connectivity index (χ3v) is 1.33. The number of hydrogen-bond donors (Lipinski definition) is 0. The third-order valence-electron chi connectivity index (χ3n) is 1.33. The summed E-state index contributed by atoms with van der Waals surface area (Å²) in [4.78, 5) is 0. The van der Waals surface area contributed by atoms with Crippen molar-refractivity contribution >= 4 is 0 Å². The van der Waals surface area contributed by atoms with Gasteiger partial charge in [-0.15, -0.1) is 0 Å². The van der Waals surface area contributed by atoms with Crippen molar-refractivity contribution in [2.75, 3.05) is 0 Å². The largest absolute Gasteiger partial charge is 0.0877 e. The Morgan fingerprint density at radius 1 is 1.56 bits per heavy atom. The van der Waals surface area contributed by atoms with Crippen LogP contribution in [0.4, 0.5) is 0 Å². The van der Waals surface area contributed by atoms with E-state index < -0.39 is 5.89 Å². The van der Waals surface area contributed by atoms with Crippen LogP contribution in [0.5, 0.6) is 0 Å². The molecule has 0 nitrogen and oxygen atoms in total. The molecule has 0 rings (SSSR count). The topological polar surface area (TPSA) is 0 Å². The molecule has 0 aromatic rings. The van der Waals surface area contributed by atoms with Gasteiger partial charge < -0.3 is 0 Å². The van der Waals surface area contributed by atoms with Crippen molar-refractivity contribution < 1.29 is 1.37 Å². The summed E-state index contributed by atoms with van der Waals surface area (Å²) in [7, 11) is 0. The van der Waals surface area contributed by atoms with Gasteiger partial charge in [-0.1, -0.05) is 37.6 Å². The molecule has 0 aliphatic rings. The number of allylic oxidation sites excluding steroid dienone is 4. The van der Waals surface area contributed by atoms with Crippen molar-refractivity contribution in [3.05, 3.63) is 23.8 Å². The molecular formula is C9H16. The molecule has 0 heteroatoms. The Hall–Kier alpha value is -0.520. The minimum absolute atomic E-state index is 0.431. The molecule has 0 amide bonds. The Labute approximate surface area is 59.7 Å². The fraction of sp³-hybridized carbons (Fsp3) is 0.556. The van der Waals surface area contributed by atoms with Gasteiger partial charge in [-0.2, -0.15) is 0 Å². The Bertz CT molecular complexity index is 147. The molecule has 0 aliphatic carbocycles. The molecule has 0 atom stereocenters. The van der Waals surface area contributed by atoms with Crippen LogP contribution < -0.4 is 0 Å². The van der Waals surface area contributed by atoms with Crippen LogP contribution in [0.25, 0.3) is 0 Å². The molecule has 0 aliphatic heterocycles. The van der Waals surface area contributed by atoms with Gasteiger partial charge in [0.1, 0.15) is 0 Å². The van der Waals surface area contributed by atoms with Crippen LogP contribution in [-0.2, 0) is 0 Å². The van der Waals surface area contributed by atoms with Crippen molar-refractivity contribution in [3.63, 3.8) is 0 Å². The number of rotatable bonds is 2. The minimum atomic E-state index is -0.431. The highest BCUT2D eigenvalue weighted by Gasteiger charge is 1.91.